The first kappa shape index (κ1) is 23.3. The summed E-state index contributed by atoms with van der Waals surface area (Å²) < 4.78 is 5.30. The fraction of sp³-hybridized carbons (Fsp3) is 0.316. The van der Waals surface area contributed by atoms with Gasteiger partial charge in [-0.05, 0) is 33.2 Å². The van der Waals surface area contributed by atoms with Crippen molar-refractivity contribution in [2.24, 2.45) is 0 Å². The number of carboxylic acids is 2. The molecule has 0 aliphatic carbocycles. The average molecular weight is 408 g/mol. The molecule has 0 spiro atoms. The number of hydrogen-bond acceptors (Lipinski definition) is 7. The summed E-state index contributed by atoms with van der Waals surface area (Å²) in [5, 5.41) is 16.6. The lowest BCUT2D eigenvalue weighted by Crippen LogP contribution is -2.28. The highest BCUT2D eigenvalue weighted by atomic mass is 32.2. The van der Waals surface area contributed by atoms with Crippen molar-refractivity contribution in [2.75, 3.05) is 39.2 Å². The molecule has 0 radical (unpaired) electrons. The van der Waals surface area contributed by atoms with Crippen molar-refractivity contribution in [3.05, 3.63) is 41.5 Å². The zero-order valence-electron chi connectivity index (χ0n) is 16.2. The van der Waals surface area contributed by atoms with Gasteiger partial charge < -0.3 is 24.7 Å². The van der Waals surface area contributed by atoms with Crippen LogP contribution in [0.4, 0.5) is 5.69 Å². The summed E-state index contributed by atoms with van der Waals surface area (Å²) in [6, 6.07) is 6.02. The number of carboxylic acid groups (broad SMARTS) is 2. The van der Waals surface area contributed by atoms with Crippen molar-refractivity contribution in [1.82, 2.24) is 4.90 Å². The molecule has 0 aromatic heterocycles. The van der Waals surface area contributed by atoms with Crippen LogP contribution in [0, 0.1) is 0 Å². The molecule has 1 aliphatic heterocycles. The monoisotopic (exact) mass is 408 g/mol. The molecule has 0 atom stereocenters. The topological polar surface area (TPSA) is 107 Å². The standard InChI is InChI=1S/C15H20N2O2S.C4H4O4/c1-11(18)9-15-17(8-7-16(2)3)13-10-12(19-4)5-6-14(13)20-15;5-3(6)1-2-4(7)8/h5-6,9-10H,7-8H2,1-4H3;1-2H,(H,5,6)(H,7,8)/b15-9-;2-1+. The Labute approximate surface area is 168 Å². The number of nitrogens with zero attached hydrogens (tertiary/aromatic N) is 2. The van der Waals surface area contributed by atoms with Gasteiger partial charge in [0, 0.05) is 42.3 Å². The first-order valence-corrected chi connectivity index (χ1v) is 9.10. The lowest BCUT2D eigenvalue weighted by atomic mass is 10.2. The molecule has 9 heteroatoms. The Kier molecular flexibility index (Phi) is 9.26. The van der Waals surface area contributed by atoms with Crippen LogP contribution in [0.3, 0.4) is 0 Å². The van der Waals surface area contributed by atoms with Crippen LogP contribution in [0.5, 0.6) is 5.75 Å². The number of ether oxygens (including phenoxy) is 1. The van der Waals surface area contributed by atoms with E-state index in [1.54, 1.807) is 31.9 Å². The Morgan fingerprint density at radius 1 is 1.18 bits per heavy atom. The molecule has 0 bridgehead atoms. The number of carbonyl (C=O) groups is 3. The third-order valence-corrected chi connectivity index (χ3v) is 4.52. The lowest BCUT2D eigenvalue weighted by Gasteiger charge is -2.22. The molecular weight excluding hydrogens is 384 g/mol. The number of ketones is 1. The highest BCUT2D eigenvalue weighted by Gasteiger charge is 2.25. The quantitative estimate of drug-likeness (QED) is 0.657. The van der Waals surface area contributed by atoms with E-state index in [9.17, 15) is 14.4 Å². The molecule has 2 N–H and O–H groups in total. The summed E-state index contributed by atoms with van der Waals surface area (Å²) in [5.41, 5.74) is 1.11. The second kappa shape index (κ2) is 11.2. The van der Waals surface area contributed by atoms with Crippen LogP contribution >= 0.6 is 11.8 Å². The highest BCUT2D eigenvalue weighted by molar-refractivity contribution is 8.03. The van der Waals surface area contributed by atoms with Crippen molar-refractivity contribution in [2.45, 2.75) is 11.8 Å². The normalized spacial score (nSPS) is 14.0. The van der Waals surface area contributed by atoms with Gasteiger partial charge in [-0.2, -0.15) is 0 Å². The van der Waals surface area contributed by atoms with Gasteiger partial charge in [0.25, 0.3) is 0 Å². The van der Waals surface area contributed by atoms with Gasteiger partial charge in [0.1, 0.15) is 5.75 Å². The Bertz CT molecular complexity index is 773. The van der Waals surface area contributed by atoms with Crippen molar-refractivity contribution < 1.29 is 29.3 Å². The second-order valence-electron chi connectivity index (χ2n) is 5.99. The predicted octanol–water partition coefficient (Wildman–Crippen LogP) is 2.31. The molecule has 1 heterocycles. The Morgan fingerprint density at radius 3 is 2.25 bits per heavy atom. The summed E-state index contributed by atoms with van der Waals surface area (Å²) in [4.78, 5) is 36.0. The maximum absolute atomic E-state index is 11.4. The lowest BCUT2D eigenvalue weighted by molar-refractivity contribution is -0.134. The van der Waals surface area contributed by atoms with Crippen LogP contribution in [-0.2, 0) is 14.4 Å². The molecule has 2 rings (SSSR count). The molecule has 1 aliphatic rings. The van der Waals surface area contributed by atoms with E-state index in [-0.39, 0.29) is 5.78 Å². The van der Waals surface area contributed by atoms with Crippen molar-refractivity contribution in [3.63, 3.8) is 0 Å². The van der Waals surface area contributed by atoms with E-state index >= 15 is 0 Å². The van der Waals surface area contributed by atoms with Crippen LogP contribution in [0.2, 0.25) is 0 Å². The minimum absolute atomic E-state index is 0.0714. The van der Waals surface area contributed by atoms with Crippen LogP contribution in [0.1, 0.15) is 6.92 Å². The van der Waals surface area contributed by atoms with Gasteiger partial charge in [-0.25, -0.2) is 9.59 Å². The van der Waals surface area contributed by atoms with Gasteiger partial charge in [-0.15, -0.1) is 0 Å². The van der Waals surface area contributed by atoms with E-state index in [0.29, 0.717) is 12.2 Å². The minimum atomic E-state index is -1.26. The molecule has 28 heavy (non-hydrogen) atoms. The number of fused-ring (bicyclic) bond motifs is 1. The number of benzene rings is 1. The summed E-state index contributed by atoms with van der Waals surface area (Å²) >= 11 is 1.64. The number of anilines is 1. The average Bonchev–Trinajstić information content (AvgIpc) is 2.94. The molecule has 0 unspecified atom stereocenters. The first-order valence-electron chi connectivity index (χ1n) is 8.28. The molecule has 0 saturated heterocycles. The van der Waals surface area contributed by atoms with Gasteiger partial charge in [0.2, 0.25) is 0 Å². The van der Waals surface area contributed by atoms with E-state index in [1.807, 2.05) is 32.3 Å². The summed E-state index contributed by atoms with van der Waals surface area (Å²) in [5.74, 6) is -1.61. The number of allylic oxidation sites excluding steroid dienone is 1. The van der Waals surface area contributed by atoms with Crippen molar-refractivity contribution >= 4 is 35.2 Å². The van der Waals surface area contributed by atoms with E-state index < -0.39 is 11.9 Å². The Morgan fingerprint density at radius 2 is 1.79 bits per heavy atom. The van der Waals surface area contributed by atoms with E-state index in [4.69, 9.17) is 14.9 Å². The largest absolute Gasteiger partial charge is 0.497 e. The maximum atomic E-state index is 11.4. The van der Waals surface area contributed by atoms with Gasteiger partial charge in [-0.3, -0.25) is 4.79 Å². The number of hydrogen-bond donors (Lipinski definition) is 2. The molecule has 0 amide bonds. The number of rotatable bonds is 7. The van der Waals surface area contributed by atoms with Gasteiger partial charge >= 0.3 is 11.9 Å². The molecular formula is C19H24N2O6S. The number of carbonyl (C=O) groups excluding carboxylic acids is 1. The number of methoxy groups -OCH3 is 1. The van der Waals surface area contributed by atoms with Gasteiger partial charge in [0.05, 0.1) is 17.8 Å². The Balaban J connectivity index is 0.000000416. The highest BCUT2D eigenvalue weighted by Crippen LogP contribution is 2.47. The van der Waals surface area contributed by atoms with E-state index in [1.165, 1.54) is 0 Å². The zero-order valence-corrected chi connectivity index (χ0v) is 17.0. The Hall–Kier alpha value is -2.78. The zero-order chi connectivity index (χ0) is 21.3. The van der Waals surface area contributed by atoms with Crippen molar-refractivity contribution in [3.8, 4) is 5.75 Å². The number of likely N-dealkylation sites (N-methyl/N-ethyl adjacent to an activating group) is 1. The predicted molar refractivity (Wildman–Crippen MR) is 108 cm³/mol. The van der Waals surface area contributed by atoms with Gasteiger partial charge in [-0.1, -0.05) is 11.8 Å². The molecule has 0 saturated carbocycles. The van der Waals surface area contributed by atoms with Crippen LogP contribution in [0.15, 0.2) is 46.4 Å². The minimum Gasteiger partial charge on any atom is -0.497 e. The van der Waals surface area contributed by atoms with Crippen molar-refractivity contribution in [1.29, 1.82) is 0 Å². The van der Waals surface area contributed by atoms with Crippen LogP contribution in [-0.4, -0.2) is 67.1 Å². The third kappa shape index (κ3) is 7.85. The third-order valence-electron chi connectivity index (χ3n) is 3.40. The fourth-order valence-corrected chi connectivity index (χ4v) is 3.32. The molecule has 152 valence electrons. The summed E-state index contributed by atoms with van der Waals surface area (Å²) in [6.45, 7) is 3.35. The van der Waals surface area contributed by atoms with Crippen LogP contribution < -0.4 is 9.64 Å². The molecule has 0 fully saturated rings. The molecule has 8 nitrogen and oxygen atoms in total. The van der Waals surface area contributed by atoms with Gasteiger partial charge in [0.15, 0.2) is 5.78 Å². The smallest absolute Gasteiger partial charge is 0.328 e. The fourth-order valence-electron chi connectivity index (χ4n) is 2.16. The molecule has 1 aromatic rings. The summed E-state index contributed by atoms with van der Waals surface area (Å²) in [6.07, 6.45) is 2.82. The maximum Gasteiger partial charge on any atom is 0.328 e. The number of aliphatic carboxylic acids is 2. The second-order valence-corrected chi connectivity index (χ2v) is 7.06. The van der Waals surface area contributed by atoms with Crippen LogP contribution in [0.25, 0.3) is 0 Å². The summed E-state index contributed by atoms with van der Waals surface area (Å²) in [7, 11) is 5.76. The number of thioether (sulfide) groups is 1. The first-order chi connectivity index (χ1) is 13.1. The van der Waals surface area contributed by atoms with E-state index in [2.05, 4.69) is 9.80 Å². The van der Waals surface area contributed by atoms with E-state index in [0.717, 1.165) is 34.5 Å². The SMILES string of the molecule is COc1ccc2c(c1)N(CCN(C)C)/C(=C/C(C)=O)S2.O=C(O)/C=C/C(=O)O. The molecule has 1 aromatic carbocycles.